The fourth-order valence-electron chi connectivity index (χ4n) is 15.3. The first kappa shape index (κ1) is 53.9. The zero-order chi connectivity index (χ0) is 59.7. The number of nitrogens with zero attached hydrogens (tertiary/aromatic N) is 1. The van der Waals surface area contributed by atoms with E-state index in [0.29, 0.717) is 17.2 Å². The lowest BCUT2D eigenvalue weighted by Gasteiger charge is -2.37. The van der Waals surface area contributed by atoms with Gasteiger partial charge in [-0.1, -0.05) is 200 Å². The van der Waals surface area contributed by atoms with Crippen molar-refractivity contribution in [2.45, 2.75) is 16.2 Å². The highest BCUT2D eigenvalue weighted by Gasteiger charge is 2.51. The predicted octanol–water partition coefficient (Wildman–Crippen LogP) is 18.3. The van der Waals surface area contributed by atoms with E-state index in [4.69, 9.17) is 28.4 Å². The molecule has 0 heterocycles. The minimum atomic E-state index is -0.767. The van der Waals surface area contributed by atoms with Gasteiger partial charge in [0.1, 0.15) is 34.5 Å². The zero-order valence-electron chi connectivity index (χ0n) is 49.9. The van der Waals surface area contributed by atoms with Gasteiger partial charge in [-0.15, -0.1) is 0 Å². The highest BCUT2D eigenvalue weighted by atomic mass is 16.5. The molecule has 0 N–H and O–H groups in total. The van der Waals surface area contributed by atoms with Crippen LogP contribution in [0.5, 0.6) is 34.5 Å². The molecule has 15 rings (SSSR count). The number of anilines is 3. The van der Waals surface area contributed by atoms with Gasteiger partial charge in [-0.2, -0.15) is 0 Å². The fraction of sp³-hybridized carbons (Fsp3) is 0.111. The van der Waals surface area contributed by atoms with Crippen molar-refractivity contribution in [1.82, 2.24) is 0 Å². The molecule has 3 aliphatic rings. The molecule has 0 fully saturated rings. The van der Waals surface area contributed by atoms with Gasteiger partial charge in [-0.05, 0) is 138 Å². The summed E-state index contributed by atoms with van der Waals surface area (Å²) in [5.74, 6) is 4.50. The number of methoxy groups -OCH3 is 6. The van der Waals surface area contributed by atoms with E-state index < -0.39 is 16.2 Å². The minimum Gasteiger partial charge on any atom is -0.497 e. The maximum atomic E-state index is 6.78. The summed E-state index contributed by atoms with van der Waals surface area (Å²) in [7, 11) is 10.5. The molecule has 12 aromatic rings. The van der Waals surface area contributed by atoms with Crippen molar-refractivity contribution < 1.29 is 28.4 Å². The summed E-state index contributed by atoms with van der Waals surface area (Å²) in [6, 6.07) is 98.2. The Labute approximate surface area is 514 Å². The monoisotopic (exact) mass is 1150 g/mol. The number of benzene rings is 12. The number of ether oxygens (including phenoxy) is 6. The third-order valence-corrected chi connectivity index (χ3v) is 19.0. The molecule has 0 spiro atoms. The van der Waals surface area contributed by atoms with Gasteiger partial charge in [0.15, 0.2) is 0 Å². The lowest BCUT2D eigenvalue weighted by molar-refractivity contribution is 0.405. The first-order valence-corrected chi connectivity index (χ1v) is 29.7. The molecule has 0 radical (unpaired) electrons. The Morgan fingerprint density at radius 1 is 0.216 bits per heavy atom. The molecule has 0 saturated carbocycles. The van der Waals surface area contributed by atoms with Gasteiger partial charge in [-0.25, -0.2) is 0 Å². The van der Waals surface area contributed by atoms with Gasteiger partial charge in [0, 0.05) is 52.0 Å². The molecule has 0 unspecified atom stereocenters. The molecular formula is C81H63NO6. The summed E-state index contributed by atoms with van der Waals surface area (Å²) in [4.78, 5) is 2.30. The molecule has 7 nitrogen and oxygen atoms in total. The van der Waals surface area contributed by atoms with Crippen molar-refractivity contribution in [2.24, 2.45) is 0 Å². The molecule has 88 heavy (non-hydrogen) atoms. The van der Waals surface area contributed by atoms with Gasteiger partial charge in [0.05, 0.1) is 58.9 Å². The summed E-state index contributed by atoms with van der Waals surface area (Å²) >= 11 is 0. The van der Waals surface area contributed by atoms with Crippen molar-refractivity contribution in [3.8, 4) is 67.9 Å². The van der Waals surface area contributed by atoms with Crippen LogP contribution < -0.4 is 33.3 Å². The number of hydrogen-bond acceptors (Lipinski definition) is 7. The van der Waals surface area contributed by atoms with Crippen molar-refractivity contribution in [3.05, 3.63) is 340 Å². The first-order valence-electron chi connectivity index (χ1n) is 29.7. The quantitative estimate of drug-likeness (QED) is 0.101. The molecule has 12 aromatic carbocycles. The Bertz CT molecular complexity index is 4060. The van der Waals surface area contributed by atoms with Crippen molar-refractivity contribution in [3.63, 3.8) is 0 Å². The SMILES string of the molecule is COc1ccc(C2(c3ccc(N(c4ccc(C5(c6ccc(OC)cc6)c6ccccc6-c6ccccc65)c(OC)c4)c4ccc(C5(c6ccc(OC)cc6)c6ccccc6-c6ccccc65)c(OC)c4)cc3OC)c3ccccc3-c3ccccc32)cc1. The van der Waals surface area contributed by atoms with Gasteiger partial charge in [0.2, 0.25) is 0 Å². The van der Waals surface area contributed by atoms with E-state index in [9.17, 15) is 0 Å². The molecule has 3 aliphatic carbocycles. The molecule has 0 saturated heterocycles. The highest BCUT2D eigenvalue weighted by Crippen LogP contribution is 2.62. The minimum absolute atomic E-state index is 0.715. The van der Waals surface area contributed by atoms with Crippen molar-refractivity contribution >= 4 is 17.1 Å². The second-order valence-electron chi connectivity index (χ2n) is 22.7. The number of rotatable bonds is 15. The van der Waals surface area contributed by atoms with Crippen LogP contribution in [0.15, 0.2) is 273 Å². The van der Waals surface area contributed by atoms with Crippen molar-refractivity contribution in [2.75, 3.05) is 47.6 Å². The van der Waals surface area contributed by atoms with Crippen LogP contribution >= 0.6 is 0 Å². The summed E-state index contributed by atoms with van der Waals surface area (Å²) < 4.78 is 37.6. The molecule has 0 atom stereocenters. The Kier molecular flexibility index (Phi) is 13.1. The van der Waals surface area contributed by atoms with Gasteiger partial charge in [-0.3, -0.25) is 0 Å². The van der Waals surface area contributed by atoms with Gasteiger partial charge < -0.3 is 33.3 Å². The summed E-state index contributed by atoms with van der Waals surface area (Å²) in [6.45, 7) is 0. The molecule has 7 heteroatoms. The second kappa shape index (κ2) is 21.3. The topological polar surface area (TPSA) is 58.6 Å². The van der Waals surface area contributed by atoms with E-state index >= 15 is 0 Å². The van der Waals surface area contributed by atoms with Crippen LogP contribution in [0.3, 0.4) is 0 Å². The van der Waals surface area contributed by atoms with E-state index in [1.54, 1.807) is 42.7 Å². The van der Waals surface area contributed by atoms with Crippen LogP contribution in [0.2, 0.25) is 0 Å². The van der Waals surface area contributed by atoms with Crippen LogP contribution in [0.1, 0.15) is 66.8 Å². The zero-order valence-corrected chi connectivity index (χ0v) is 49.9. The third-order valence-electron chi connectivity index (χ3n) is 19.0. The smallest absolute Gasteiger partial charge is 0.125 e. The number of hydrogen-bond donors (Lipinski definition) is 0. The molecular weight excluding hydrogens is 1080 g/mol. The average molecular weight is 1150 g/mol. The Balaban J connectivity index is 0.984. The standard InChI is InChI=1S/C81H63NO6/c1-83-58-40-31-52(32-41-58)79(67-25-13-7-19-61(67)62-20-8-14-26-68(62)79)73-46-37-55(49-76(73)86-4)82(56-38-47-74(77(50-56)87-5)80(53-33-42-59(84-2)43-34-53)69-27-15-9-21-63(69)64-22-10-16-28-70(64)80)57-39-48-75(78(51-57)88-6)81(54-35-44-60(85-3)45-36-54)71-29-17-11-23-65(71)66-24-12-18-30-72(66)81/h7-51H,1-6H3. The molecule has 0 bridgehead atoms. The van der Waals surface area contributed by atoms with Crippen molar-refractivity contribution in [1.29, 1.82) is 0 Å². The van der Waals surface area contributed by atoms with Crippen LogP contribution in [0.4, 0.5) is 17.1 Å². The average Bonchev–Trinajstić information content (AvgIpc) is 1.53. The van der Waals surface area contributed by atoms with E-state index in [-0.39, 0.29) is 0 Å². The highest BCUT2D eigenvalue weighted by molar-refractivity contribution is 5.92. The maximum Gasteiger partial charge on any atom is 0.125 e. The Morgan fingerprint density at radius 2 is 0.432 bits per heavy atom. The molecule has 0 aromatic heterocycles. The van der Waals surface area contributed by atoms with Crippen LogP contribution in [0, 0.1) is 0 Å². The number of fused-ring (bicyclic) bond motifs is 9. The van der Waals surface area contributed by atoms with E-state index in [1.165, 1.54) is 66.8 Å². The lowest BCUT2D eigenvalue weighted by atomic mass is 9.67. The van der Waals surface area contributed by atoms with E-state index in [2.05, 4.69) is 278 Å². The molecule has 0 aliphatic heterocycles. The summed E-state index contributed by atoms with van der Waals surface area (Å²) in [5.41, 5.74) is 20.7. The second-order valence-corrected chi connectivity index (χ2v) is 22.7. The van der Waals surface area contributed by atoms with E-state index in [0.717, 1.165) is 67.7 Å². The fourth-order valence-corrected chi connectivity index (χ4v) is 15.3. The molecule has 0 amide bonds. The normalized spacial score (nSPS) is 13.8. The van der Waals surface area contributed by atoms with Crippen LogP contribution in [0.25, 0.3) is 33.4 Å². The Morgan fingerprint density at radius 3 is 0.636 bits per heavy atom. The lowest BCUT2D eigenvalue weighted by Crippen LogP contribution is -2.30. The van der Waals surface area contributed by atoms with Crippen LogP contribution in [-0.4, -0.2) is 42.7 Å². The largest absolute Gasteiger partial charge is 0.497 e. The Hall–Kier alpha value is -10.8. The molecule has 428 valence electrons. The summed E-state index contributed by atoms with van der Waals surface area (Å²) in [5, 5.41) is 0. The third kappa shape index (κ3) is 7.69. The maximum absolute atomic E-state index is 6.78. The van der Waals surface area contributed by atoms with Crippen LogP contribution in [-0.2, 0) is 16.2 Å². The van der Waals surface area contributed by atoms with Gasteiger partial charge in [0.25, 0.3) is 0 Å². The van der Waals surface area contributed by atoms with Gasteiger partial charge >= 0.3 is 0 Å². The predicted molar refractivity (Wildman–Crippen MR) is 352 cm³/mol. The van der Waals surface area contributed by atoms with E-state index in [1.807, 2.05) is 0 Å². The summed E-state index contributed by atoms with van der Waals surface area (Å²) in [6.07, 6.45) is 0. The first-order chi connectivity index (χ1) is 43.4.